The summed E-state index contributed by atoms with van der Waals surface area (Å²) in [5.74, 6) is 0. The van der Waals surface area contributed by atoms with Gasteiger partial charge in [0, 0.05) is 35.8 Å². The molecule has 3 aromatic heterocycles. The van der Waals surface area contributed by atoms with E-state index in [0.717, 1.165) is 49.8 Å². The zero-order valence-corrected chi connectivity index (χ0v) is 20.3. The summed E-state index contributed by atoms with van der Waals surface area (Å²) in [5, 5.41) is 3.07. The number of para-hydroxylation sites is 3. The molecule has 0 aliphatic carbocycles. The minimum atomic E-state index is 0.595. The van der Waals surface area contributed by atoms with Gasteiger partial charge in [0.25, 0.3) is 0 Å². The van der Waals surface area contributed by atoms with Crippen LogP contribution in [0.2, 0.25) is 0 Å². The number of rotatable bonds is 6. The average Bonchev–Trinajstić information content (AvgIpc) is 2.90. The first-order valence-electron chi connectivity index (χ1n) is 12.2. The van der Waals surface area contributed by atoms with Gasteiger partial charge in [-0.15, -0.1) is 0 Å². The van der Waals surface area contributed by atoms with Crippen LogP contribution >= 0.6 is 0 Å². The molecule has 0 aliphatic heterocycles. The number of nitrogens with zero attached hydrogens (tertiary/aromatic N) is 4. The first-order valence-corrected chi connectivity index (χ1v) is 12.2. The second kappa shape index (κ2) is 9.37. The van der Waals surface area contributed by atoms with E-state index in [4.69, 9.17) is 32.2 Å². The molecule has 6 N–H and O–H groups in total. The molecule has 0 aliphatic rings. The summed E-state index contributed by atoms with van der Waals surface area (Å²) in [6.07, 6.45) is 0. The maximum Gasteiger partial charge on any atom is 0.0935 e. The predicted octanol–water partition coefficient (Wildman–Crippen LogP) is 5.28. The van der Waals surface area contributed by atoms with Crippen LogP contribution in [0.15, 0.2) is 91.0 Å². The van der Waals surface area contributed by atoms with Crippen molar-refractivity contribution in [3.8, 4) is 0 Å². The van der Waals surface area contributed by atoms with Crippen LogP contribution in [-0.2, 0) is 19.6 Å². The Balaban J connectivity index is 1.36. The van der Waals surface area contributed by atoms with E-state index in [0.29, 0.717) is 36.7 Å². The Morgan fingerprint density at radius 1 is 0.432 bits per heavy atom. The fourth-order valence-corrected chi connectivity index (χ4v) is 4.75. The SMILES string of the molecule is Nc1cccc2ccc(CN(Cc3ccc4cccc(N)c4n3)Cc3ccc4cccc(N)c4n3)nc12. The van der Waals surface area contributed by atoms with Crippen LogP contribution in [-0.4, -0.2) is 19.9 Å². The van der Waals surface area contributed by atoms with Gasteiger partial charge in [-0.2, -0.15) is 0 Å². The predicted molar refractivity (Wildman–Crippen MR) is 151 cm³/mol. The first kappa shape index (κ1) is 22.7. The molecule has 6 aromatic rings. The van der Waals surface area contributed by atoms with E-state index in [-0.39, 0.29) is 0 Å². The van der Waals surface area contributed by atoms with E-state index in [1.807, 2.05) is 72.8 Å². The van der Waals surface area contributed by atoms with Crippen molar-refractivity contribution in [2.45, 2.75) is 19.6 Å². The van der Waals surface area contributed by atoms with Crippen molar-refractivity contribution in [1.29, 1.82) is 0 Å². The van der Waals surface area contributed by atoms with Crippen molar-refractivity contribution in [2.75, 3.05) is 17.2 Å². The number of nitrogen functional groups attached to an aromatic ring is 3. The molecule has 182 valence electrons. The van der Waals surface area contributed by atoms with Crippen LogP contribution in [0.4, 0.5) is 17.1 Å². The molecule has 0 spiro atoms. The van der Waals surface area contributed by atoms with Crippen molar-refractivity contribution in [1.82, 2.24) is 19.9 Å². The Morgan fingerprint density at radius 3 is 1.08 bits per heavy atom. The molecule has 0 amide bonds. The minimum absolute atomic E-state index is 0.595. The molecule has 0 saturated carbocycles. The third kappa shape index (κ3) is 4.60. The van der Waals surface area contributed by atoms with Crippen molar-refractivity contribution >= 4 is 49.8 Å². The van der Waals surface area contributed by atoms with E-state index < -0.39 is 0 Å². The minimum Gasteiger partial charge on any atom is -0.397 e. The molecule has 7 nitrogen and oxygen atoms in total. The fourth-order valence-electron chi connectivity index (χ4n) is 4.75. The number of hydrogen-bond donors (Lipinski definition) is 3. The van der Waals surface area contributed by atoms with E-state index in [2.05, 4.69) is 23.1 Å². The van der Waals surface area contributed by atoms with Gasteiger partial charge in [-0.05, 0) is 36.4 Å². The second-order valence-electron chi connectivity index (χ2n) is 9.31. The highest BCUT2D eigenvalue weighted by Gasteiger charge is 2.14. The zero-order chi connectivity index (χ0) is 25.4. The largest absolute Gasteiger partial charge is 0.397 e. The number of nitrogens with two attached hydrogens (primary N) is 3. The third-order valence-electron chi connectivity index (χ3n) is 6.58. The van der Waals surface area contributed by atoms with Crippen LogP contribution in [0.3, 0.4) is 0 Å². The highest BCUT2D eigenvalue weighted by Crippen LogP contribution is 2.24. The summed E-state index contributed by atoms with van der Waals surface area (Å²) in [4.78, 5) is 16.9. The number of aromatic nitrogens is 3. The molecule has 37 heavy (non-hydrogen) atoms. The van der Waals surface area contributed by atoms with Crippen LogP contribution in [0, 0.1) is 0 Å². The summed E-state index contributed by atoms with van der Waals surface area (Å²) >= 11 is 0. The van der Waals surface area contributed by atoms with Crippen LogP contribution in [0.25, 0.3) is 32.7 Å². The molecular formula is C30H27N7. The normalized spacial score (nSPS) is 11.6. The Kier molecular flexibility index (Phi) is 5.75. The first-order chi connectivity index (χ1) is 18.0. The lowest BCUT2D eigenvalue weighted by atomic mass is 10.1. The van der Waals surface area contributed by atoms with Gasteiger partial charge >= 0.3 is 0 Å². The van der Waals surface area contributed by atoms with Crippen LogP contribution in [0.1, 0.15) is 17.1 Å². The van der Waals surface area contributed by atoms with Gasteiger partial charge in [-0.1, -0.05) is 54.6 Å². The highest BCUT2D eigenvalue weighted by molar-refractivity contribution is 5.90. The molecule has 0 bridgehead atoms. The van der Waals surface area contributed by atoms with Gasteiger partial charge in [0.05, 0.1) is 50.7 Å². The number of benzene rings is 3. The van der Waals surface area contributed by atoms with Crippen molar-refractivity contribution in [3.63, 3.8) is 0 Å². The molecule has 0 atom stereocenters. The monoisotopic (exact) mass is 485 g/mol. The second-order valence-corrected chi connectivity index (χ2v) is 9.31. The van der Waals surface area contributed by atoms with E-state index in [1.165, 1.54) is 0 Å². The topological polar surface area (TPSA) is 120 Å². The lowest BCUT2D eigenvalue weighted by molar-refractivity contribution is 0.239. The van der Waals surface area contributed by atoms with Crippen molar-refractivity contribution in [2.24, 2.45) is 0 Å². The number of fused-ring (bicyclic) bond motifs is 3. The molecule has 3 heterocycles. The van der Waals surface area contributed by atoms with E-state index in [1.54, 1.807) is 0 Å². The van der Waals surface area contributed by atoms with Crippen LogP contribution in [0.5, 0.6) is 0 Å². The molecule has 0 saturated heterocycles. The average molecular weight is 486 g/mol. The Labute approximate surface area is 214 Å². The number of pyridine rings is 3. The standard InChI is InChI=1S/C30H27N7/c31-25-7-1-4-19-10-13-22(34-28(19)25)16-37(17-23-14-11-20-5-2-8-26(32)29(20)35-23)18-24-15-12-21-6-3-9-27(33)30(21)36-24/h1-15H,16-18,31-33H2. The van der Waals surface area contributed by atoms with Gasteiger partial charge in [0.1, 0.15) is 0 Å². The summed E-state index contributed by atoms with van der Waals surface area (Å²) in [5.41, 5.74) is 25.9. The van der Waals surface area contributed by atoms with Gasteiger partial charge < -0.3 is 17.2 Å². The Hall–Kier alpha value is -4.75. The Bertz CT molecular complexity index is 1560. The quantitative estimate of drug-likeness (QED) is 0.275. The summed E-state index contributed by atoms with van der Waals surface area (Å²) < 4.78 is 0. The van der Waals surface area contributed by atoms with Crippen molar-refractivity contribution < 1.29 is 0 Å². The van der Waals surface area contributed by atoms with Gasteiger partial charge in [-0.25, -0.2) is 15.0 Å². The van der Waals surface area contributed by atoms with E-state index in [9.17, 15) is 0 Å². The van der Waals surface area contributed by atoms with E-state index >= 15 is 0 Å². The molecule has 0 radical (unpaired) electrons. The maximum absolute atomic E-state index is 6.22. The summed E-state index contributed by atoms with van der Waals surface area (Å²) in [6, 6.07) is 29.9. The molecule has 3 aromatic carbocycles. The lowest BCUT2D eigenvalue weighted by Gasteiger charge is -2.22. The van der Waals surface area contributed by atoms with Gasteiger partial charge in [0.2, 0.25) is 0 Å². The summed E-state index contributed by atoms with van der Waals surface area (Å²) in [6.45, 7) is 1.79. The molecule has 0 unspecified atom stereocenters. The lowest BCUT2D eigenvalue weighted by Crippen LogP contribution is -2.24. The van der Waals surface area contributed by atoms with Crippen LogP contribution < -0.4 is 17.2 Å². The summed E-state index contributed by atoms with van der Waals surface area (Å²) in [7, 11) is 0. The molecule has 0 fully saturated rings. The third-order valence-corrected chi connectivity index (χ3v) is 6.58. The Morgan fingerprint density at radius 2 is 0.757 bits per heavy atom. The molecular weight excluding hydrogens is 458 g/mol. The fraction of sp³-hybridized carbons (Fsp3) is 0.100. The number of hydrogen-bond acceptors (Lipinski definition) is 7. The smallest absolute Gasteiger partial charge is 0.0935 e. The molecule has 7 heteroatoms. The zero-order valence-electron chi connectivity index (χ0n) is 20.3. The number of anilines is 3. The maximum atomic E-state index is 6.22. The van der Waals surface area contributed by atoms with Gasteiger partial charge in [-0.3, -0.25) is 4.90 Å². The van der Waals surface area contributed by atoms with Gasteiger partial charge in [0.15, 0.2) is 0 Å². The molecule has 6 rings (SSSR count). The highest BCUT2D eigenvalue weighted by atomic mass is 15.1. The van der Waals surface area contributed by atoms with Crippen molar-refractivity contribution in [3.05, 3.63) is 108 Å².